The number of rotatable bonds is 2. The molecule has 0 heterocycles. The van der Waals surface area contributed by atoms with E-state index in [1.165, 1.54) is 11.1 Å². The molecule has 0 nitrogen and oxygen atoms in total. The Labute approximate surface area is 89.9 Å². The van der Waals surface area contributed by atoms with Crippen molar-refractivity contribution in [2.75, 3.05) is 0 Å². The fourth-order valence-corrected chi connectivity index (χ4v) is 1.97. The van der Waals surface area contributed by atoms with Crippen molar-refractivity contribution in [3.05, 3.63) is 58.7 Å². The van der Waals surface area contributed by atoms with E-state index >= 15 is 0 Å². The molecule has 1 heteroatoms. The topological polar surface area (TPSA) is 0 Å². The third-order valence-electron chi connectivity index (χ3n) is 2.42. The number of benzene rings is 1. The SMILES string of the molecule is ClC1=CCC=C(Cc2ccccc2)C1. The lowest BCUT2D eigenvalue weighted by molar-refractivity contribution is 1.01. The van der Waals surface area contributed by atoms with E-state index in [0.717, 1.165) is 24.3 Å². The van der Waals surface area contributed by atoms with Crippen LogP contribution in [0.4, 0.5) is 0 Å². The molecule has 0 spiro atoms. The summed E-state index contributed by atoms with van der Waals surface area (Å²) in [6.45, 7) is 0. The zero-order valence-corrected chi connectivity index (χ0v) is 8.80. The summed E-state index contributed by atoms with van der Waals surface area (Å²) < 4.78 is 0. The van der Waals surface area contributed by atoms with Crippen molar-refractivity contribution in [1.29, 1.82) is 0 Å². The summed E-state index contributed by atoms with van der Waals surface area (Å²) in [7, 11) is 0. The molecular formula is C13H13Cl. The molecule has 0 saturated heterocycles. The Bertz CT molecular complexity index is 360. The molecule has 0 bridgehead atoms. The van der Waals surface area contributed by atoms with E-state index in [1.54, 1.807) is 0 Å². The zero-order chi connectivity index (χ0) is 9.80. The van der Waals surface area contributed by atoms with E-state index in [0.29, 0.717) is 0 Å². The molecule has 1 aliphatic carbocycles. The second-order valence-corrected chi connectivity index (χ2v) is 4.07. The summed E-state index contributed by atoms with van der Waals surface area (Å²) in [5.41, 5.74) is 2.80. The normalized spacial score (nSPS) is 16.1. The number of hydrogen-bond donors (Lipinski definition) is 0. The lowest BCUT2D eigenvalue weighted by Gasteiger charge is -2.10. The molecule has 1 aromatic carbocycles. The third kappa shape index (κ3) is 2.49. The molecule has 0 aromatic heterocycles. The highest BCUT2D eigenvalue weighted by atomic mass is 35.5. The highest BCUT2D eigenvalue weighted by Gasteiger charge is 2.05. The van der Waals surface area contributed by atoms with Crippen LogP contribution < -0.4 is 0 Å². The largest absolute Gasteiger partial charge is 0.0891 e. The van der Waals surface area contributed by atoms with Crippen LogP contribution in [0.1, 0.15) is 18.4 Å². The van der Waals surface area contributed by atoms with Crippen LogP contribution in [0.15, 0.2) is 53.1 Å². The Morgan fingerprint density at radius 3 is 2.57 bits per heavy atom. The fourth-order valence-electron chi connectivity index (χ4n) is 1.71. The van der Waals surface area contributed by atoms with Gasteiger partial charge in [0, 0.05) is 11.5 Å². The van der Waals surface area contributed by atoms with Gasteiger partial charge in [-0.3, -0.25) is 0 Å². The van der Waals surface area contributed by atoms with Crippen molar-refractivity contribution in [2.45, 2.75) is 19.3 Å². The Morgan fingerprint density at radius 1 is 1.07 bits per heavy atom. The van der Waals surface area contributed by atoms with E-state index in [1.807, 2.05) is 6.07 Å². The first-order valence-electron chi connectivity index (χ1n) is 4.91. The number of halogens is 1. The van der Waals surface area contributed by atoms with Crippen molar-refractivity contribution >= 4 is 11.6 Å². The summed E-state index contributed by atoms with van der Waals surface area (Å²) in [6.07, 6.45) is 7.30. The van der Waals surface area contributed by atoms with Gasteiger partial charge in [0.25, 0.3) is 0 Å². The van der Waals surface area contributed by atoms with Crippen molar-refractivity contribution < 1.29 is 0 Å². The summed E-state index contributed by atoms with van der Waals surface area (Å²) in [4.78, 5) is 0. The second kappa shape index (κ2) is 4.47. The molecule has 0 saturated carbocycles. The van der Waals surface area contributed by atoms with Crippen LogP contribution in [0, 0.1) is 0 Å². The minimum absolute atomic E-state index is 0.927. The van der Waals surface area contributed by atoms with E-state index in [-0.39, 0.29) is 0 Å². The third-order valence-corrected chi connectivity index (χ3v) is 2.70. The summed E-state index contributed by atoms with van der Waals surface area (Å²) in [5.74, 6) is 0. The average Bonchev–Trinajstić information content (AvgIpc) is 2.19. The first kappa shape index (κ1) is 9.54. The lowest BCUT2D eigenvalue weighted by atomic mass is 9.98. The first-order valence-corrected chi connectivity index (χ1v) is 5.29. The Hall–Kier alpha value is -1.01. The predicted octanol–water partition coefficient (Wildman–Crippen LogP) is 4.07. The maximum atomic E-state index is 6.00. The number of allylic oxidation sites excluding steroid dienone is 4. The van der Waals surface area contributed by atoms with Gasteiger partial charge in [-0.25, -0.2) is 0 Å². The van der Waals surface area contributed by atoms with E-state index in [9.17, 15) is 0 Å². The molecule has 0 amide bonds. The molecule has 0 fully saturated rings. The molecule has 14 heavy (non-hydrogen) atoms. The van der Waals surface area contributed by atoms with Gasteiger partial charge in [0.05, 0.1) is 0 Å². The van der Waals surface area contributed by atoms with Crippen molar-refractivity contribution in [1.82, 2.24) is 0 Å². The van der Waals surface area contributed by atoms with Gasteiger partial charge in [0.1, 0.15) is 0 Å². The maximum Gasteiger partial charge on any atom is 0.0184 e. The highest BCUT2D eigenvalue weighted by Crippen LogP contribution is 2.23. The lowest BCUT2D eigenvalue weighted by Crippen LogP contribution is -1.94. The van der Waals surface area contributed by atoms with Crippen LogP contribution in [0.3, 0.4) is 0 Å². The summed E-state index contributed by atoms with van der Waals surface area (Å²) in [6, 6.07) is 10.5. The molecule has 1 aliphatic rings. The van der Waals surface area contributed by atoms with Crippen LogP contribution in [0.2, 0.25) is 0 Å². The van der Waals surface area contributed by atoms with Crippen LogP contribution in [0.25, 0.3) is 0 Å². The van der Waals surface area contributed by atoms with Gasteiger partial charge in [-0.1, -0.05) is 59.7 Å². The minimum Gasteiger partial charge on any atom is -0.0891 e. The predicted molar refractivity (Wildman–Crippen MR) is 61.4 cm³/mol. The van der Waals surface area contributed by atoms with Crippen molar-refractivity contribution in [2.24, 2.45) is 0 Å². The molecule has 0 atom stereocenters. The molecule has 0 unspecified atom stereocenters. The molecule has 72 valence electrons. The maximum absolute atomic E-state index is 6.00. The first-order chi connectivity index (χ1) is 6.84. The van der Waals surface area contributed by atoms with Gasteiger partial charge in [-0.15, -0.1) is 0 Å². The van der Waals surface area contributed by atoms with E-state index < -0.39 is 0 Å². The molecule has 0 N–H and O–H groups in total. The van der Waals surface area contributed by atoms with Gasteiger partial charge in [-0.05, 0) is 18.4 Å². The smallest absolute Gasteiger partial charge is 0.0184 e. The van der Waals surface area contributed by atoms with E-state index in [2.05, 4.69) is 36.4 Å². The van der Waals surface area contributed by atoms with E-state index in [4.69, 9.17) is 11.6 Å². The van der Waals surface area contributed by atoms with Crippen LogP contribution in [0.5, 0.6) is 0 Å². The molecule has 0 aliphatic heterocycles. The molecule has 2 rings (SSSR count). The van der Waals surface area contributed by atoms with Gasteiger partial charge in [0.15, 0.2) is 0 Å². The molecule has 0 radical (unpaired) electrons. The zero-order valence-electron chi connectivity index (χ0n) is 8.04. The molecule has 1 aromatic rings. The quantitative estimate of drug-likeness (QED) is 0.637. The second-order valence-electron chi connectivity index (χ2n) is 3.59. The standard InChI is InChI=1S/C13H13Cl/c14-13-8-4-7-12(10-13)9-11-5-2-1-3-6-11/h1-3,5-8H,4,9-10H2. The van der Waals surface area contributed by atoms with Crippen LogP contribution in [-0.2, 0) is 6.42 Å². The molecular weight excluding hydrogens is 192 g/mol. The van der Waals surface area contributed by atoms with Crippen LogP contribution in [-0.4, -0.2) is 0 Å². The average molecular weight is 205 g/mol. The van der Waals surface area contributed by atoms with Gasteiger partial charge < -0.3 is 0 Å². The fraction of sp³-hybridized carbons (Fsp3) is 0.231. The highest BCUT2D eigenvalue weighted by molar-refractivity contribution is 6.29. The minimum atomic E-state index is 0.927. The Balaban J connectivity index is 2.02. The van der Waals surface area contributed by atoms with Crippen molar-refractivity contribution in [3.63, 3.8) is 0 Å². The Kier molecular flexibility index (Phi) is 3.05. The van der Waals surface area contributed by atoms with Gasteiger partial charge in [0.2, 0.25) is 0 Å². The van der Waals surface area contributed by atoms with Gasteiger partial charge >= 0.3 is 0 Å². The Morgan fingerprint density at radius 2 is 1.86 bits per heavy atom. The van der Waals surface area contributed by atoms with Crippen LogP contribution >= 0.6 is 11.6 Å². The van der Waals surface area contributed by atoms with Gasteiger partial charge in [-0.2, -0.15) is 0 Å². The summed E-state index contributed by atoms with van der Waals surface area (Å²) in [5, 5.41) is 0.985. The summed E-state index contributed by atoms with van der Waals surface area (Å²) >= 11 is 6.00. The monoisotopic (exact) mass is 204 g/mol. The number of hydrogen-bond acceptors (Lipinski definition) is 0. The van der Waals surface area contributed by atoms with Crippen molar-refractivity contribution in [3.8, 4) is 0 Å².